The number of phenolic OH excluding ortho intramolecular Hbond substituents is 2. The molecular weight excluding hydrogens is 200 g/mol. The second-order valence-corrected chi connectivity index (χ2v) is 4.25. The van der Waals surface area contributed by atoms with Crippen LogP contribution in [0, 0.1) is 6.92 Å². The van der Waals surface area contributed by atoms with E-state index in [9.17, 15) is 10.2 Å². The van der Waals surface area contributed by atoms with Gasteiger partial charge in [-0.25, -0.2) is 0 Å². The van der Waals surface area contributed by atoms with Crippen molar-refractivity contribution in [1.29, 1.82) is 0 Å². The van der Waals surface area contributed by atoms with E-state index in [0.29, 0.717) is 5.39 Å². The molecule has 0 amide bonds. The number of aryl methyl sites for hydroxylation is 2. The van der Waals surface area contributed by atoms with Gasteiger partial charge in [0.1, 0.15) is 11.5 Å². The molecule has 2 nitrogen and oxygen atoms in total. The van der Waals surface area contributed by atoms with Crippen LogP contribution < -0.4 is 0 Å². The number of fused-ring (bicyclic) bond motifs is 1. The van der Waals surface area contributed by atoms with Crippen molar-refractivity contribution in [1.82, 2.24) is 0 Å². The zero-order chi connectivity index (χ0) is 11.7. The smallest absolute Gasteiger partial charge is 0.127 e. The van der Waals surface area contributed by atoms with Crippen molar-refractivity contribution >= 4 is 10.8 Å². The Bertz CT molecular complexity index is 530. The van der Waals surface area contributed by atoms with Gasteiger partial charge in [-0.05, 0) is 42.0 Å². The fourth-order valence-electron chi connectivity index (χ4n) is 2.11. The highest BCUT2D eigenvalue weighted by molar-refractivity contribution is 5.94. The maximum atomic E-state index is 9.89. The third-order valence-corrected chi connectivity index (χ3v) is 2.75. The first kappa shape index (κ1) is 10.8. The Kier molecular flexibility index (Phi) is 2.73. The van der Waals surface area contributed by atoms with E-state index in [4.69, 9.17) is 0 Å². The van der Waals surface area contributed by atoms with Gasteiger partial charge in [0.2, 0.25) is 0 Å². The van der Waals surface area contributed by atoms with Gasteiger partial charge in [0.15, 0.2) is 0 Å². The first-order chi connectivity index (χ1) is 7.61. The van der Waals surface area contributed by atoms with E-state index in [2.05, 4.69) is 6.92 Å². The molecule has 0 aliphatic rings. The molecule has 2 N–H and O–H groups in total. The first-order valence-electron chi connectivity index (χ1n) is 5.57. The van der Waals surface area contributed by atoms with Gasteiger partial charge < -0.3 is 10.2 Å². The maximum absolute atomic E-state index is 9.89. The van der Waals surface area contributed by atoms with Crippen molar-refractivity contribution in [3.63, 3.8) is 0 Å². The molecule has 0 bridgehead atoms. The van der Waals surface area contributed by atoms with E-state index in [1.807, 2.05) is 19.1 Å². The molecule has 0 aliphatic carbocycles. The van der Waals surface area contributed by atoms with Gasteiger partial charge >= 0.3 is 0 Å². The van der Waals surface area contributed by atoms with Gasteiger partial charge in [0, 0.05) is 0 Å². The minimum absolute atomic E-state index is 0.149. The Labute approximate surface area is 95.2 Å². The molecule has 2 aromatic rings. The lowest BCUT2D eigenvalue weighted by molar-refractivity contribution is 0.463. The number of aromatic hydroxyl groups is 2. The van der Waals surface area contributed by atoms with E-state index in [-0.39, 0.29) is 11.5 Å². The standard InChI is InChI=1S/C14H16O2/c1-3-4-10-7-11-5-9(2)6-12(15)14(11)13(16)8-10/h5-8,15-16H,3-4H2,1-2H3. The normalized spacial score (nSPS) is 10.9. The molecule has 0 spiro atoms. The van der Waals surface area contributed by atoms with Gasteiger partial charge in [0.25, 0.3) is 0 Å². The molecule has 0 heterocycles. The molecule has 0 saturated heterocycles. The average molecular weight is 216 g/mol. The fourth-order valence-corrected chi connectivity index (χ4v) is 2.11. The molecule has 2 aromatic carbocycles. The largest absolute Gasteiger partial charge is 0.507 e. The summed E-state index contributed by atoms with van der Waals surface area (Å²) in [5.41, 5.74) is 2.11. The van der Waals surface area contributed by atoms with Crippen LogP contribution in [0.25, 0.3) is 10.8 Å². The summed E-state index contributed by atoms with van der Waals surface area (Å²) in [6.07, 6.45) is 1.99. The van der Waals surface area contributed by atoms with E-state index < -0.39 is 0 Å². The van der Waals surface area contributed by atoms with Crippen molar-refractivity contribution in [2.24, 2.45) is 0 Å². The molecule has 2 heteroatoms. The first-order valence-corrected chi connectivity index (χ1v) is 5.57. The van der Waals surface area contributed by atoms with E-state index in [1.54, 1.807) is 12.1 Å². The van der Waals surface area contributed by atoms with Crippen LogP contribution in [0.3, 0.4) is 0 Å². The van der Waals surface area contributed by atoms with Gasteiger partial charge in [-0.15, -0.1) is 0 Å². The number of phenols is 2. The summed E-state index contributed by atoms with van der Waals surface area (Å²) in [6.45, 7) is 4.04. The average Bonchev–Trinajstić information content (AvgIpc) is 2.15. The molecular formula is C14H16O2. The molecule has 0 radical (unpaired) electrons. The van der Waals surface area contributed by atoms with Crippen molar-refractivity contribution in [3.8, 4) is 11.5 Å². The van der Waals surface area contributed by atoms with Crippen molar-refractivity contribution in [2.75, 3.05) is 0 Å². The van der Waals surface area contributed by atoms with Gasteiger partial charge in [-0.3, -0.25) is 0 Å². The third-order valence-electron chi connectivity index (χ3n) is 2.75. The van der Waals surface area contributed by atoms with Crippen LogP contribution in [0.4, 0.5) is 0 Å². The van der Waals surface area contributed by atoms with Crippen LogP contribution in [0.15, 0.2) is 24.3 Å². The topological polar surface area (TPSA) is 40.5 Å². The minimum Gasteiger partial charge on any atom is -0.507 e. The number of hydrogen-bond donors (Lipinski definition) is 2. The Morgan fingerprint density at radius 2 is 1.69 bits per heavy atom. The lowest BCUT2D eigenvalue weighted by Gasteiger charge is -2.08. The zero-order valence-corrected chi connectivity index (χ0v) is 9.62. The van der Waals surface area contributed by atoms with Crippen molar-refractivity contribution < 1.29 is 10.2 Å². The summed E-state index contributed by atoms with van der Waals surface area (Å²) in [5.74, 6) is 0.314. The summed E-state index contributed by atoms with van der Waals surface area (Å²) in [6, 6.07) is 7.42. The lowest BCUT2D eigenvalue weighted by atomic mass is 10.0. The lowest BCUT2D eigenvalue weighted by Crippen LogP contribution is -1.86. The van der Waals surface area contributed by atoms with Crippen LogP contribution in [-0.4, -0.2) is 10.2 Å². The zero-order valence-electron chi connectivity index (χ0n) is 9.62. The van der Waals surface area contributed by atoms with E-state index in [0.717, 1.165) is 29.4 Å². The third kappa shape index (κ3) is 1.83. The number of benzene rings is 2. The highest BCUT2D eigenvalue weighted by Gasteiger charge is 2.08. The predicted molar refractivity (Wildman–Crippen MR) is 66.0 cm³/mol. The quantitative estimate of drug-likeness (QED) is 0.806. The van der Waals surface area contributed by atoms with Gasteiger partial charge in [0.05, 0.1) is 5.39 Å². The van der Waals surface area contributed by atoms with Crippen LogP contribution in [0.2, 0.25) is 0 Å². The van der Waals surface area contributed by atoms with Crippen LogP contribution >= 0.6 is 0 Å². The van der Waals surface area contributed by atoms with Gasteiger partial charge in [-0.2, -0.15) is 0 Å². The van der Waals surface area contributed by atoms with E-state index in [1.165, 1.54) is 0 Å². The predicted octanol–water partition coefficient (Wildman–Crippen LogP) is 3.51. The maximum Gasteiger partial charge on any atom is 0.127 e. The Morgan fingerprint density at radius 3 is 2.38 bits per heavy atom. The molecule has 2 rings (SSSR count). The van der Waals surface area contributed by atoms with Crippen molar-refractivity contribution in [2.45, 2.75) is 26.7 Å². The van der Waals surface area contributed by atoms with E-state index >= 15 is 0 Å². The van der Waals surface area contributed by atoms with Crippen LogP contribution in [0.5, 0.6) is 11.5 Å². The summed E-state index contributed by atoms with van der Waals surface area (Å²) >= 11 is 0. The summed E-state index contributed by atoms with van der Waals surface area (Å²) < 4.78 is 0. The summed E-state index contributed by atoms with van der Waals surface area (Å²) in [7, 11) is 0. The Morgan fingerprint density at radius 1 is 1.00 bits per heavy atom. The molecule has 0 fully saturated rings. The number of hydrogen-bond acceptors (Lipinski definition) is 2. The fraction of sp³-hybridized carbons (Fsp3) is 0.286. The van der Waals surface area contributed by atoms with Gasteiger partial charge in [-0.1, -0.05) is 25.5 Å². The molecule has 16 heavy (non-hydrogen) atoms. The molecule has 84 valence electrons. The Hall–Kier alpha value is -1.70. The Balaban J connectivity index is 2.71. The molecule has 0 aromatic heterocycles. The summed E-state index contributed by atoms with van der Waals surface area (Å²) in [4.78, 5) is 0. The van der Waals surface area contributed by atoms with Crippen molar-refractivity contribution in [3.05, 3.63) is 35.4 Å². The molecule has 0 unspecified atom stereocenters. The highest BCUT2D eigenvalue weighted by Crippen LogP contribution is 2.35. The summed E-state index contributed by atoms with van der Waals surface area (Å²) in [5, 5.41) is 21.1. The molecule has 0 atom stereocenters. The molecule has 0 saturated carbocycles. The van der Waals surface area contributed by atoms with Crippen LogP contribution in [0.1, 0.15) is 24.5 Å². The second kappa shape index (κ2) is 4.05. The molecule has 0 aliphatic heterocycles. The minimum atomic E-state index is 0.149. The monoisotopic (exact) mass is 216 g/mol. The highest BCUT2D eigenvalue weighted by atomic mass is 16.3. The second-order valence-electron chi connectivity index (χ2n) is 4.25. The number of rotatable bonds is 2. The SMILES string of the molecule is CCCc1cc(O)c2c(O)cc(C)cc2c1. The van der Waals surface area contributed by atoms with Crippen LogP contribution in [-0.2, 0) is 6.42 Å².